The highest BCUT2D eigenvalue weighted by Crippen LogP contribution is 2.38. The Balaban J connectivity index is 2.22. The van der Waals surface area contributed by atoms with Gasteiger partial charge >= 0.3 is 0 Å². The lowest BCUT2D eigenvalue weighted by atomic mass is 9.75. The van der Waals surface area contributed by atoms with E-state index in [1.165, 1.54) is 6.07 Å². The maximum Gasteiger partial charge on any atom is 0.128 e. The van der Waals surface area contributed by atoms with Crippen LogP contribution in [0.15, 0.2) is 49.1 Å². The molecule has 0 radical (unpaired) electrons. The van der Waals surface area contributed by atoms with Gasteiger partial charge in [-0.15, -0.1) is 10.2 Å². The zero-order valence-corrected chi connectivity index (χ0v) is 13.6. The predicted octanol–water partition coefficient (Wildman–Crippen LogP) is 4.22. The van der Waals surface area contributed by atoms with Gasteiger partial charge < -0.3 is 4.57 Å². The van der Waals surface area contributed by atoms with Gasteiger partial charge in [-0.25, -0.2) is 4.39 Å². The van der Waals surface area contributed by atoms with Crippen LogP contribution >= 0.6 is 0 Å². The second-order valence-electron chi connectivity index (χ2n) is 6.08. The topological polar surface area (TPSA) is 54.5 Å². The van der Waals surface area contributed by atoms with Crippen LogP contribution in [0.1, 0.15) is 31.7 Å². The number of hydrogen-bond donors (Lipinski definition) is 0. The zero-order chi connectivity index (χ0) is 17.0. The van der Waals surface area contributed by atoms with Crippen molar-refractivity contribution in [3.8, 4) is 6.07 Å². The van der Waals surface area contributed by atoms with Crippen LogP contribution in [0.2, 0.25) is 0 Å². The van der Waals surface area contributed by atoms with E-state index >= 15 is 0 Å². The smallest absolute Gasteiger partial charge is 0.128 e. The van der Waals surface area contributed by atoms with Crippen molar-refractivity contribution in [3.63, 3.8) is 0 Å². The summed E-state index contributed by atoms with van der Waals surface area (Å²) >= 11 is 0. The molecule has 0 aliphatic carbocycles. The van der Waals surface area contributed by atoms with Crippen LogP contribution in [-0.2, 0) is 12.0 Å². The molecule has 0 amide bonds. The first-order chi connectivity index (χ1) is 11.7. The van der Waals surface area contributed by atoms with E-state index in [1.54, 1.807) is 23.3 Å². The van der Waals surface area contributed by atoms with Crippen LogP contribution in [0.4, 0.5) is 4.39 Å². The van der Waals surface area contributed by atoms with Gasteiger partial charge in [0.1, 0.15) is 23.9 Å². The van der Waals surface area contributed by atoms with Crippen molar-refractivity contribution in [2.75, 3.05) is 0 Å². The normalized spacial score (nSPS) is 13.5. The third-order valence-electron chi connectivity index (χ3n) is 4.45. The molecule has 1 heterocycles. The quantitative estimate of drug-likeness (QED) is 0.682. The van der Waals surface area contributed by atoms with Crippen LogP contribution < -0.4 is 0 Å². The van der Waals surface area contributed by atoms with E-state index in [-0.39, 0.29) is 5.82 Å². The molecule has 0 saturated heterocycles. The summed E-state index contributed by atoms with van der Waals surface area (Å²) in [7, 11) is 0. The molecule has 0 aliphatic heterocycles. The van der Waals surface area contributed by atoms with Crippen molar-refractivity contribution < 1.29 is 4.39 Å². The molecule has 1 aromatic heterocycles. The fraction of sp³-hybridized carbons (Fsp3) is 0.316. The van der Waals surface area contributed by atoms with E-state index in [4.69, 9.17) is 0 Å². The Morgan fingerprint density at radius 1 is 1.17 bits per heavy atom. The van der Waals surface area contributed by atoms with Gasteiger partial charge in [0, 0.05) is 12.1 Å². The number of hydrogen-bond acceptors (Lipinski definition) is 3. The van der Waals surface area contributed by atoms with Gasteiger partial charge in [-0.05, 0) is 23.3 Å². The van der Waals surface area contributed by atoms with Gasteiger partial charge in [0.15, 0.2) is 0 Å². The van der Waals surface area contributed by atoms with Gasteiger partial charge in [0.25, 0.3) is 0 Å². The molecule has 4 nitrogen and oxygen atoms in total. The largest absolute Gasteiger partial charge is 0.318 e. The minimum Gasteiger partial charge on any atom is -0.318 e. The van der Waals surface area contributed by atoms with Crippen LogP contribution in [0.5, 0.6) is 0 Å². The number of nitrogens with zero attached hydrogens (tertiary/aromatic N) is 4. The van der Waals surface area contributed by atoms with E-state index in [9.17, 15) is 9.65 Å². The van der Waals surface area contributed by atoms with Crippen molar-refractivity contribution in [3.05, 3.63) is 60.4 Å². The fourth-order valence-corrected chi connectivity index (χ4v) is 3.26. The monoisotopic (exact) mass is 322 g/mol. The Bertz CT molecular complexity index is 867. The van der Waals surface area contributed by atoms with Gasteiger partial charge in [-0.1, -0.05) is 50.1 Å². The number of halogens is 1. The lowest BCUT2D eigenvalue weighted by Crippen LogP contribution is -2.31. The minimum absolute atomic E-state index is 0.334. The third-order valence-corrected chi connectivity index (χ3v) is 4.45. The lowest BCUT2D eigenvalue weighted by Gasteiger charge is -2.29. The zero-order valence-electron chi connectivity index (χ0n) is 13.6. The Morgan fingerprint density at radius 2 is 1.92 bits per heavy atom. The first kappa shape index (κ1) is 16.1. The highest BCUT2D eigenvalue weighted by Gasteiger charge is 2.36. The molecule has 3 aromatic rings. The van der Waals surface area contributed by atoms with E-state index in [1.807, 2.05) is 24.3 Å². The van der Waals surface area contributed by atoms with Crippen LogP contribution in [0.3, 0.4) is 0 Å². The maximum atomic E-state index is 14.9. The van der Waals surface area contributed by atoms with E-state index < -0.39 is 5.41 Å². The Kier molecular flexibility index (Phi) is 4.57. The molecule has 1 unspecified atom stereocenters. The van der Waals surface area contributed by atoms with Crippen molar-refractivity contribution in [1.29, 1.82) is 5.26 Å². The number of fused-ring (bicyclic) bond motifs is 1. The van der Waals surface area contributed by atoms with Gasteiger partial charge in [0.05, 0.1) is 6.07 Å². The SMILES string of the molecule is CCCCC(C#N)(Cn1cnnc1)c1c(F)ccc2ccccc12. The van der Waals surface area contributed by atoms with E-state index in [0.29, 0.717) is 18.5 Å². The second-order valence-corrected chi connectivity index (χ2v) is 6.08. The van der Waals surface area contributed by atoms with E-state index in [2.05, 4.69) is 23.2 Å². The summed E-state index contributed by atoms with van der Waals surface area (Å²) in [6.45, 7) is 2.40. The molecule has 3 rings (SSSR count). The number of unbranched alkanes of at least 4 members (excludes halogenated alkanes) is 1. The molecule has 0 bridgehead atoms. The molecule has 122 valence electrons. The molecular formula is C19H19FN4. The maximum absolute atomic E-state index is 14.9. The van der Waals surface area contributed by atoms with Crippen molar-refractivity contribution in [2.24, 2.45) is 0 Å². The highest BCUT2D eigenvalue weighted by molar-refractivity contribution is 5.87. The summed E-state index contributed by atoms with van der Waals surface area (Å²) in [6.07, 6.45) is 5.52. The molecule has 0 aliphatic rings. The molecule has 24 heavy (non-hydrogen) atoms. The van der Waals surface area contributed by atoms with Crippen LogP contribution in [0, 0.1) is 17.1 Å². The Labute approximate surface area is 140 Å². The summed E-state index contributed by atoms with van der Waals surface area (Å²) in [5.74, 6) is -0.334. The third kappa shape index (κ3) is 2.88. The van der Waals surface area contributed by atoms with E-state index in [0.717, 1.165) is 23.6 Å². The average Bonchev–Trinajstić information content (AvgIpc) is 3.11. The highest BCUT2D eigenvalue weighted by atomic mass is 19.1. The number of aromatic nitrogens is 3. The molecule has 2 aromatic carbocycles. The average molecular weight is 322 g/mol. The summed E-state index contributed by atoms with van der Waals surface area (Å²) in [5.41, 5.74) is -0.478. The molecule has 0 N–H and O–H groups in total. The second kappa shape index (κ2) is 6.79. The van der Waals surface area contributed by atoms with Gasteiger partial charge in [-0.2, -0.15) is 5.26 Å². The van der Waals surface area contributed by atoms with Gasteiger partial charge in [-0.3, -0.25) is 0 Å². The standard InChI is InChI=1S/C19H19FN4/c1-2-3-10-19(11-21,12-24-13-22-23-14-24)18-16-7-5-4-6-15(16)8-9-17(18)20/h4-9,13-14H,2-3,10,12H2,1H3. The van der Waals surface area contributed by atoms with Crippen LogP contribution in [-0.4, -0.2) is 14.8 Å². The number of rotatable bonds is 6. The lowest BCUT2D eigenvalue weighted by molar-refractivity contribution is 0.398. The molecule has 0 saturated carbocycles. The number of benzene rings is 2. The van der Waals surface area contributed by atoms with Crippen molar-refractivity contribution in [2.45, 2.75) is 38.1 Å². The number of nitriles is 1. The molecule has 0 spiro atoms. The van der Waals surface area contributed by atoms with Crippen molar-refractivity contribution >= 4 is 10.8 Å². The first-order valence-corrected chi connectivity index (χ1v) is 8.11. The summed E-state index contributed by atoms with van der Waals surface area (Å²) in [4.78, 5) is 0. The van der Waals surface area contributed by atoms with Crippen molar-refractivity contribution in [1.82, 2.24) is 14.8 Å². The van der Waals surface area contributed by atoms with Gasteiger partial charge in [0.2, 0.25) is 0 Å². The Morgan fingerprint density at radius 3 is 2.62 bits per heavy atom. The minimum atomic E-state index is -0.955. The summed E-state index contributed by atoms with van der Waals surface area (Å²) < 4.78 is 16.6. The molecule has 5 heteroatoms. The van der Waals surface area contributed by atoms with Crippen LogP contribution in [0.25, 0.3) is 10.8 Å². The molecule has 1 atom stereocenters. The predicted molar refractivity (Wildman–Crippen MR) is 90.7 cm³/mol. The first-order valence-electron chi connectivity index (χ1n) is 8.11. The molecule has 0 fully saturated rings. The fourth-order valence-electron chi connectivity index (χ4n) is 3.26. The molecular weight excluding hydrogens is 303 g/mol. The summed E-state index contributed by atoms with van der Waals surface area (Å²) in [5, 5.41) is 19.4. The summed E-state index contributed by atoms with van der Waals surface area (Å²) in [6, 6.07) is 13.3. The Hall–Kier alpha value is -2.74.